The van der Waals surface area contributed by atoms with Gasteiger partial charge in [-0.1, -0.05) is 27.5 Å². The van der Waals surface area contributed by atoms with E-state index in [1.54, 1.807) is 0 Å². The summed E-state index contributed by atoms with van der Waals surface area (Å²) in [6, 6.07) is 7.97. The summed E-state index contributed by atoms with van der Waals surface area (Å²) in [5, 5.41) is 0.272. The Balaban J connectivity index is 1.69. The molecule has 8 heteroatoms. The first-order chi connectivity index (χ1) is 12.4. The van der Waals surface area contributed by atoms with Crippen molar-refractivity contribution in [3.05, 3.63) is 68.7 Å². The van der Waals surface area contributed by atoms with Gasteiger partial charge in [-0.05, 0) is 36.4 Å². The molecule has 0 aromatic heterocycles. The molecule has 2 amide bonds. The first kappa shape index (κ1) is 18.8. The molecule has 0 bridgehead atoms. The zero-order valence-corrected chi connectivity index (χ0v) is 15.9. The minimum absolute atomic E-state index is 0.0277. The number of halogens is 4. The van der Waals surface area contributed by atoms with Crippen molar-refractivity contribution in [2.45, 2.75) is 0 Å². The fourth-order valence-electron chi connectivity index (χ4n) is 2.78. The van der Waals surface area contributed by atoms with Crippen molar-refractivity contribution < 1.29 is 18.4 Å². The molecule has 0 radical (unpaired) electrons. The van der Waals surface area contributed by atoms with Crippen molar-refractivity contribution in [3.63, 3.8) is 0 Å². The molecule has 2 aromatic rings. The van der Waals surface area contributed by atoms with Gasteiger partial charge in [0.15, 0.2) is 0 Å². The Labute approximate surface area is 162 Å². The van der Waals surface area contributed by atoms with Crippen LogP contribution in [0.15, 0.2) is 40.9 Å². The molecule has 0 atom stereocenters. The summed E-state index contributed by atoms with van der Waals surface area (Å²) >= 11 is 9.05. The third kappa shape index (κ3) is 3.88. The second kappa shape index (κ2) is 7.72. The lowest BCUT2D eigenvalue weighted by atomic mass is 10.1. The van der Waals surface area contributed by atoms with E-state index in [-0.39, 0.29) is 42.3 Å². The van der Waals surface area contributed by atoms with E-state index in [1.165, 1.54) is 40.1 Å². The van der Waals surface area contributed by atoms with E-state index in [9.17, 15) is 18.4 Å². The van der Waals surface area contributed by atoms with Crippen molar-refractivity contribution in [1.82, 2.24) is 9.80 Å². The number of amides is 2. The Morgan fingerprint density at radius 1 is 0.846 bits per heavy atom. The molecule has 3 rings (SSSR count). The average Bonchev–Trinajstić information content (AvgIpc) is 2.64. The van der Waals surface area contributed by atoms with Crippen LogP contribution in [0.2, 0.25) is 5.02 Å². The second-order valence-corrected chi connectivity index (χ2v) is 7.18. The van der Waals surface area contributed by atoms with Crippen LogP contribution in [-0.2, 0) is 0 Å². The molecule has 0 aliphatic carbocycles. The quantitative estimate of drug-likeness (QED) is 0.704. The molecule has 1 aliphatic heterocycles. The number of hydrogen-bond acceptors (Lipinski definition) is 2. The summed E-state index contributed by atoms with van der Waals surface area (Å²) in [6.45, 7) is 0.926. The third-order valence-electron chi connectivity index (χ3n) is 4.17. The number of carbonyl (C=O) groups is 2. The fraction of sp³-hybridized carbons (Fsp3) is 0.222. The molecule has 1 heterocycles. The minimum atomic E-state index is -0.644. The fourth-order valence-corrected chi connectivity index (χ4v) is 3.31. The molecule has 26 heavy (non-hydrogen) atoms. The highest BCUT2D eigenvalue weighted by atomic mass is 79.9. The number of rotatable bonds is 2. The van der Waals surface area contributed by atoms with Crippen LogP contribution in [0.5, 0.6) is 0 Å². The van der Waals surface area contributed by atoms with Crippen LogP contribution in [0, 0.1) is 11.6 Å². The molecule has 0 N–H and O–H groups in total. The molecule has 0 spiro atoms. The van der Waals surface area contributed by atoms with Crippen LogP contribution < -0.4 is 0 Å². The zero-order chi connectivity index (χ0) is 18.8. The van der Waals surface area contributed by atoms with Gasteiger partial charge in [-0.2, -0.15) is 0 Å². The monoisotopic (exact) mass is 442 g/mol. The molecular formula is C18H14BrClF2N2O2. The maximum absolute atomic E-state index is 13.9. The van der Waals surface area contributed by atoms with Gasteiger partial charge in [-0.25, -0.2) is 8.78 Å². The van der Waals surface area contributed by atoms with Crippen molar-refractivity contribution >= 4 is 39.3 Å². The summed E-state index contributed by atoms with van der Waals surface area (Å²) in [4.78, 5) is 27.9. The molecule has 136 valence electrons. The van der Waals surface area contributed by atoms with E-state index in [4.69, 9.17) is 11.6 Å². The second-order valence-electron chi connectivity index (χ2n) is 5.83. The first-order valence-corrected chi connectivity index (χ1v) is 9.02. The normalized spacial score (nSPS) is 14.5. The van der Waals surface area contributed by atoms with Gasteiger partial charge in [-0.3, -0.25) is 9.59 Å². The van der Waals surface area contributed by atoms with Gasteiger partial charge >= 0.3 is 0 Å². The van der Waals surface area contributed by atoms with E-state index < -0.39 is 23.4 Å². The van der Waals surface area contributed by atoms with Crippen molar-refractivity contribution in [2.75, 3.05) is 26.2 Å². The van der Waals surface area contributed by atoms with Gasteiger partial charge in [0.2, 0.25) is 0 Å². The van der Waals surface area contributed by atoms with Crippen molar-refractivity contribution in [1.29, 1.82) is 0 Å². The van der Waals surface area contributed by atoms with Crippen LogP contribution in [0.25, 0.3) is 0 Å². The summed E-state index contributed by atoms with van der Waals surface area (Å²) in [5.74, 6) is -2.16. The highest BCUT2D eigenvalue weighted by Crippen LogP contribution is 2.20. The number of benzene rings is 2. The van der Waals surface area contributed by atoms with Crippen molar-refractivity contribution in [3.8, 4) is 0 Å². The van der Waals surface area contributed by atoms with Gasteiger partial charge in [0.25, 0.3) is 11.8 Å². The van der Waals surface area contributed by atoms with E-state index in [0.717, 1.165) is 6.07 Å². The van der Waals surface area contributed by atoms with Crippen molar-refractivity contribution in [2.24, 2.45) is 0 Å². The lowest BCUT2D eigenvalue weighted by Crippen LogP contribution is -2.50. The summed E-state index contributed by atoms with van der Waals surface area (Å²) in [6.07, 6.45) is 0. The minimum Gasteiger partial charge on any atom is -0.335 e. The highest BCUT2D eigenvalue weighted by molar-refractivity contribution is 9.10. The molecular weight excluding hydrogens is 430 g/mol. The molecule has 0 saturated carbocycles. The highest BCUT2D eigenvalue weighted by Gasteiger charge is 2.28. The van der Waals surface area contributed by atoms with E-state index >= 15 is 0 Å². The molecule has 4 nitrogen and oxygen atoms in total. The predicted molar refractivity (Wildman–Crippen MR) is 97.3 cm³/mol. The first-order valence-electron chi connectivity index (χ1n) is 7.85. The molecule has 0 unspecified atom stereocenters. The van der Waals surface area contributed by atoms with Crippen LogP contribution in [0.3, 0.4) is 0 Å². The largest absolute Gasteiger partial charge is 0.335 e. The Morgan fingerprint density at radius 2 is 1.31 bits per heavy atom. The van der Waals surface area contributed by atoms with Crippen LogP contribution in [0.1, 0.15) is 20.7 Å². The van der Waals surface area contributed by atoms with Crippen LogP contribution in [-0.4, -0.2) is 47.8 Å². The zero-order valence-electron chi connectivity index (χ0n) is 13.5. The van der Waals surface area contributed by atoms with Crippen LogP contribution in [0.4, 0.5) is 8.78 Å². The maximum Gasteiger partial charge on any atom is 0.257 e. The van der Waals surface area contributed by atoms with E-state index in [1.807, 2.05) is 0 Å². The van der Waals surface area contributed by atoms with E-state index in [0.29, 0.717) is 4.47 Å². The van der Waals surface area contributed by atoms with Gasteiger partial charge in [0, 0.05) is 35.7 Å². The average molecular weight is 444 g/mol. The molecule has 1 saturated heterocycles. The predicted octanol–water partition coefficient (Wildman–Crippen LogP) is 3.98. The number of piperazine rings is 1. The maximum atomic E-state index is 13.9. The van der Waals surface area contributed by atoms with Gasteiger partial charge < -0.3 is 9.80 Å². The van der Waals surface area contributed by atoms with Gasteiger partial charge in [-0.15, -0.1) is 0 Å². The molecule has 2 aromatic carbocycles. The molecule has 1 aliphatic rings. The lowest BCUT2D eigenvalue weighted by molar-refractivity contribution is 0.0530. The molecule has 1 fully saturated rings. The number of nitrogens with zero attached hydrogens (tertiary/aromatic N) is 2. The Hall–Kier alpha value is -1.99. The topological polar surface area (TPSA) is 40.6 Å². The third-order valence-corrected chi connectivity index (χ3v) is 4.90. The Morgan fingerprint density at radius 3 is 1.85 bits per heavy atom. The smallest absolute Gasteiger partial charge is 0.257 e. The number of hydrogen-bond donors (Lipinski definition) is 0. The van der Waals surface area contributed by atoms with E-state index in [2.05, 4.69) is 15.9 Å². The number of carbonyl (C=O) groups excluding carboxylic acids is 2. The van der Waals surface area contributed by atoms with Crippen LogP contribution >= 0.6 is 27.5 Å². The summed E-state index contributed by atoms with van der Waals surface area (Å²) in [5.41, 5.74) is -0.129. The summed E-state index contributed by atoms with van der Waals surface area (Å²) in [7, 11) is 0. The lowest BCUT2D eigenvalue weighted by Gasteiger charge is -2.35. The van der Waals surface area contributed by atoms with Gasteiger partial charge in [0.1, 0.15) is 11.6 Å². The summed E-state index contributed by atoms with van der Waals surface area (Å²) < 4.78 is 28.4. The SMILES string of the molecule is O=C(c1cc(Cl)ccc1F)N1CCN(C(=O)c2cc(Br)ccc2F)CC1. The Kier molecular flexibility index (Phi) is 5.58. The van der Waals surface area contributed by atoms with Gasteiger partial charge in [0.05, 0.1) is 11.1 Å². The Bertz CT molecular complexity index is 799. The standard InChI is InChI=1S/C18H14BrClF2N2O2/c19-11-1-3-15(21)13(9-11)17(25)23-5-7-24(8-6-23)18(26)14-10-12(20)2-4-16(14)22/h1-4,9-10H,5-8H2.